The summed E-state index contributed by atoms with van der Waals surface area (Å²) in [6.45, 7) is 0.292. The Hall–Kier alpha value is -2.56. The van der Waals surface area contributed by atoms with Crippen LogP contribution in [0.25, 0.3) is 0 Å². The van der Waals surface area contributed by atoms with Gasteiger partial charge in [0.1, 0.15) is 25.2 Å². The highest BCUT2D eigenvalue weighted by Gasteiger charge is 2.55. The molecule has 0 atom stereocenters. The number of hydrogen-bond acceptors (Lipinski definition) is 5. The molecule has 0 aliphatic heterocycles. The summed E-state index contributed by atoms with van der Waals surface area (Å²) in [6, 6.07) is 11.0. The van der Waals surface area contributed by atoms with Crippen molar-refractivity contribution in [2.45, 2.75) is 51.7 Å². The first kappa shape index (κ1) is 18.5. The Bertz CT molecular complexity index is 910. The van der Waals surface area contributed by atoms with Crippen molar-refractivity contribution in [3.8, 4) is 5.75 Å². The van der Waals surface area contributed by atoms with Gasteiger partial charge in [-0.3, -0.25) is 9.59 Å². The molecule has 5 heteroatoms. The molecule has 4 saturated carbocycles. The molecule has 4 aliphatic carbocycles. The molecule has 0 unspecified atom stereocenters. The number of carbonyl (C=O) groups excluding carboxylic acids is 1. The second-order valence-corrected chi connectivity index (χ2v) is 9.12. The van der Waals surface area contributed by atoms with E-state index in [9.17, 15) is 9.59 Å². The van der Waals surface area contributed by atoms with Gasteiger partial charge in [0.2, 0.25) is 11.2 Å². The van der Waals surface area contributed by atoms with Crippen LogP contribution >= 0.6 is 0 Å². The molecule has 0 saturated heterocycles. The van der Waals surface area contributed by atoms with Crippen LogP contribution in [-0.2, 0) is 22.7 Å². The summed E-state index contributed by atoms with van der Waals surface area (Å²) < 4.78 is 16.7. The predicted molar refractivity (Wildman–Crippen MR) is 106 cm³/mol. The van der Waals surface area contributed by atoms with Crippen molar-refractivity contribution in [3.05, 3.63) is 64.2 Å². The number of esters is 1. The molecule has 0 spiro atoms. The zero-order chi connectivity index (χ0) is 19.8. The highest BCUT2D eigenvalue weighted by Crippen LogP contribution is 2.60. The van der Waals surface area contributed by atoms with Crippen molar-refractivity contribution >= 4 is 5.97 Å². The van der Waals surface area contributed by atoms with Crippen LogP contribution in [0.4, 0.5) is 0 Å². The van der Waals surface area contributed by atoms with Crippen LogP contribution in [-0.4, -0.2) is 5.97 Å². The summed E-state index contributed by atoms with van der Waals surface area (Å²) in [5.74, 6) is 2.46. The third-order valence-electron chi connectivity index (χ3n) is 6.91. The molecule has 29 heavy (non-hydrogen) atoms. The van der Waals surface area contributed by atoms with Crippen molar-refractivity contribution < 1.29 is 18.7 Å². The zero-order valence-corrected chi connectivity index (χ0v) is 16.5. The minimum Gasteiger partial charge on any atom is -0.482 e. The quantitative estimate of drug-likeness (QED) is 0.676. The maximum absolute atomic E-state index is 12.9. The molecule has 1 heterocycles. The van der Waals surface area contributed by atoms with Crippen molar-refractivity contribution in [2.24, 2.45) is 23.2 Å². The second-order valence-electron chi connectivity index (χ2n) is 9.12. The van der Waals surface area contributed by atoms with E-state index in [1.807, 2.05) is 30.3 Å². The molecule has 1 aromatic carbocycles. The largest absolute Gasteiger partial charge is 0.482 e. The Morgan fingerprint density at radius 1 is 1.00 bits per heavy atom. The maximum Gasteiger partial charge on any atom is 0.312 e. The third-order valence-corrected chi connectivity index (χ3v) is 6.91. The molecular formula is C24H26O5. The van der Waals surface area contributed by atoms with Gasteiger partial charge in [-0.1, -0.05) is 30.3 Å². The smallest absolute Gasteiger partial charge is 0.312 e. The van der Waals surface area contributed by atoms with Crippen LogP contribution in [0.5, 0.6) is 5.75 Å². The molecule has 2 aromatic rings. The number of carbonyl (C=O) groups is 1. The Balaban J connectivity index is 1.20. The van der Waals surface area contributed by atoms with Gasteiger partial charge in [-0.2, -0.15) is 0 Å². The van der Waals surface area contributed by atoms with Crippen LogP contribution in [0, 0.1) is 23.2 Å². The van der Waals surface area contributed by atoms with Gasteiger partial charge in [0, 0.05) is 6.07 Å². The van der Waals surface area contributed by atoms with Gasteiger partial charge in [-0.05, 0) is 61.8 Å². The van der Waals surface area contributed by atoms with E-state index in [1.165, 1.54) is 31.6 Å². The molecule has 5 nitrogen and oxygen atoms in total. The number of ether oxygens (including phenoxy) is 2. The Kier molecular flexibility index (Phi) is 4.69. The van der Waals surface area contributed by atoms with Gasteiger partial charge in [-0.15, -0.1) is 0 Å². The van der Waals surface area contributed by atoms with Gasteiger partial charge >= 0.3 is 5.97 Å². The molecule has 0 radical (unpaired) electrons. The lowest BCUT2D eigenvalue weighted by Crippen LogP contribution is -2.50. The highest BCUT2D eigenvalue weighted by molar-refractivity contribution is 5.77. The van der Waals surface area contributed by atoms with E-state index < -0.39 is 0 Å². The topological polar surface area (TPSA) is 65.7 Å². The summed E-state index contributed by atoms with van der Waals surface area (Å²) in [4.78, 5) is 25.2. The predicted octanol–water partition coefficient (Wildman–Crippen LogP) is 4.48. The van der Waals surface area contributed by atoms with E-state index in [-0.39, 0.29) is 29.2 Å². The standard InChI is InChI=1S/C24H26O5/c25-21-9-20(27-15-22(21)28-13-16-4-2-1-3-5-16)14-29-23(26)24-10-17-6-18(11-24)8-19(7-17)12-24/h1-5,9,15,17-19H,6-8,10-14H2. The van der Waals surface area contributed by atoms with Gasteiger partial charge in [0.15, 0.2) is 0 Å². The third kappa shape index (κ3) is 3.70. The van der Waals surface area contributed by atoms with Crippen molar-refractivity contribution in [1.82, 2.24) is 0 Å². The molecule has 4 aliphatic rings. The lowest BCUT2D eigenvalue weighted by atomic mass is 9.49. The van der Waals surface area contributed by atoms with Crippen molar-refractivity contribution in [2.75, 3.05) is 0 Å². The van der Waals surface area contributed by atoms with E-state index in [0.29, 0.717) is 30.1 Å². The van der Waals surface area contributed by atoms with Gasteiger partial charge in [0.05, 0.1) is 5.41 Å². The van der Waals surface area contributed by atoms with Crippen LogP contribution < -0.4 is 10.2 Å². The summed E-state index contributed by atoms with van der Waals surface area (Å²) in [5.41, 5.74) is 0.404. The average Bonchev–Trinajstić information content (AvgIpc) is 2.71. The first-order valence-corrected chi connectivity index (χ1v) is 10.6. The molecule has 0 N–H and O–H groups in total. The SMILES string of the molecule is O=C(OCc1cc(=O)c(OCc2ccccc2)co1)C12CC3CC(CC(C3)C1)C2. The fourth-order valence-electron chi connectivity index (χ4n) is 6.01. The summed E-state index contributed by atoms with van der Waals surface area (Å²) in [5, 5.41) is 0. The number of rotatable bonds is 6. The molecule has 4 bridgehead atoms. The summed E-state index contributed by atoms with van der Waals surface area (Å²) in [6.07, 6.45) is 8.05. The summed E-state index contributed by atoms with van der Waals surface area (Å²) >= 11 is 0. The Morgan fingerprint density at radius 3 is 2.28 bits per heavy atom. The normalized spacial score (nSPS) is 29.6. The lowest BCUT2D eigenvalue weighted by molar-refractivity contribution is -0.173. The monoisotopic (exact) mass is 394 g/mol. The van der Waals surface area contributed by atoms with E-state index in [0.717, 1.165) is 24.8 Å². The Labute approximate surface area is 170 Å². The van der Waals surface area contributed by atoms with Crippen LogP contribution in [0.3, 0.4) is 0 Å². The second kappa shape index (κ2) is 7.36. The molecule has 1 aromatic heterocycles. The fourth-order valence-corrected chi connectivity index (χ4v) is 6.01. The average molecular weight is 394 g/mol. The van der Waals surface area contributed by atoms with Crippen molar-refractivity contribution in [3.63, 3.8) is 0 Å². The minimum absolute atomic E-state index is 0.00517. The van der Waals surface area contributed by atoms with Gasteiger partial charge in [-0.25, -0.2) is 0 Å². The number of hydrogen-bond donors (Lipinski definition) is 0. The molecule has 4 fully saturated rings. The first-order valence-electron chi connectivity index (χ1n) is 10.6. The van der Waals surface area contributed by atoms with Gasteiger partial charge < -0.3 is 13.9 Å². The van der Waals surface area contributed by atoms with Crippen LogP contribution in [0.2, 0.25) is 0 Å². The van der Waals surface area contributed by atoms with E-state index in [1.54, 1.807) is 0 Å². The molecular weight excluding hydrogens is 368 g/mol. The van der Waals surface area contributed by atoms with Crippen LogP contribution in [0.15, 0.2) is 51.9 Å². The minimum atomic E-state index is -0.298. The molecule has 152 valence electrons. The lowest BCUT2D eigenvalue weighted by Gasteiger charge is -2.55. The van der Waals surface area contributed by atoms with Crippen molar-refractivity contribution in [1.29, 1.82) is 0 Å². The van der Waals surface area contributed by atoms with Crippen LogP contribution in [0.1, 0.15) is 49.8 Å². The van der Waals surface area contributed by atoms with E-state index >= 15 is 0 Å². The first-order chi connectivity index (χ1) is 14.1. The molecule has 6 rings (SSSR count). The molecule has 0 amide bonds. The van der Waals surface area contributed by atoms with E-state index in [2.05, 4.69) is 0 Å². The Morgan fingerprint density at radius 2 is 1.66 bits per heavy atom. The zero-order valence-electron chi connectivity index (χ0n) is 16.5. The fraction of sp³-hybridized carbons (Fsp3) is 0.500. The van der Waals surface area contributed by atoms with Gasteiger partial charge in [0.25, 0.3) is 0 Å². The highest BCUT2D eigenvalue weighted by atomic mass is 16.5. The summed E-state index contributed by atoms with van der Waals surface area (Å²) in [7, 11) is 0. The van der Waals surface area contributed by atoms with E-state index in [4.69, 9.17) is 13.9 Å². The number of benzene rings is 1. The maximum atomic E-state index is 12.9.